The van der Waals surface area contributed by atoms with Crippen molar-refractivity contribution >= 4 is 27.4 Å². The summed E-state index contributed by atoms with van der Waals surface area (Å²) in [5.41, 5.74) is 1.60. The van der Waals surface area contributed by atoms with Crippen LogP contribution in [0, 0.1) is 5.82 Å². The van der Waals surface area contributed by atoms with E-state index < -0.39 is 34.3 Å². The molecule has 0 unspecified atom stereocenters. The zero-order valence-electron chi connectivity index (χ0n) is 17.9. The number of sulfone groups is 1. The van der Waals surface area contributed by atoms with E-state index in [1.807, 2.05) is 0 Å². The van der Waals surface area contributed by atoms with Gasteiger partial charge in [0.2, 0.25) is 9.84 Å². The summed E-state index contributed by atoms with van der Waals surface area (Å²) in [6, 6.07) is 16.3. The number of carboxylic acid groups (broad SMARTS) is 1. The van der Waals surface area contributed by atoms with Gasteiger partial charge in [0, 0.05) is 11.6 Å². The summed E-state index contributed by atoms with van der Waals surface area (Å²) in [5, 5.41) is 22.5. The molecule has 3 rings (SSSR count). The van der Waals surface area contributed by atoms with E-state index in [4.69, 9.17) is 21.4 Å². The molecule has 0 aliphatic rings. The number of aliphatic hydroxyl groups excluding tert-OH is 1. The van der Waals surface area contributed by atoms with E-state index in [0.29, 0.717) is 30.1 Å². The Balaban J connectivity index is 1.57. The van der Waals surface area contributed by atoms with Crippen LogP contribution in [0.1, 0.15) is 17.2 Å². The molecule has 3 aromatic rings. The van der Waals surface area contributed by atoms with Gasteiger partial charge in [-0.3, -0.25) is 0 Å². The minimum Gasteiger partial charge on any atom is -0.479 e. The normalized spacial score (nSPS) is 12.3. The fourth-order valence-corrected chi connectivity index (χ4v) is 4.65. The highest BCUT2D eigenvalue weighted by Crippen LogP contribution is 2.26. The average molecular weight is 508 g/mol. The summed E-state index contributed by atoms with van der Waals surface area (Å²) in [6.07, 6.45) is -0.0974. The lowest BCUT2D eigenvalue weighted by molar-refractivity contribution is -0.139. The molecule has 3 N–H and O–H groups in total. The number of rotatable bonds is 11. The summed E-state index contributed by atoms with van der Waals surface area (Å²) in [4.78, 5) is 10.3. The summed E-state index contributed by atoms with van der Waals surface area (Å²) in [6.45, 7) is 0.163. The first-order chi connectivity index (χ1) is 16.2. The van der Waals surface area contributed by atoms with Crippen LogP contribution in [0.4, 0.5) is 4.39 Å². The number of hydrogen-bond acceptors (Lipinski definition) is 6. The monoisotopic (exact) mass is 507 g/mol. The molecular weight excluding hydrogens is 485 g/mol. The minimum absolute atomic E-state index is 0.000748. The van der Waals surface area contributed by atoms with Gasteiger partial charge >= 0.3 is 5.97 Å². The Morgan fingerprint density at radius 3 is 2.41 bits per heavy atom. The lowest BCUT2D eigenvalue weighted by Crippen LogP contribution is -2.23. The first kappa shape index (κ1) is 25.6. The van der Waals surface area contributed by atoms with Crippen molar-refractivity contribution < 1.29 is 32.6 Å². The van der Waals surface area contributed by atoms with Crippen LogP contribution in [-0.4, -0.2) is 44.3 Å². The molecule has 0 aliphatic heterocycles. The first-order valence-corrected chi connectivity index (χ1v) is 12.2. The summed E-state index contributed by atoms with van der Waals surface area (Å²) >= 11 is 5.93. The molecular formula is C24H23ClFNO6S. The number of carbonyl (C=O) groups is 1. The Bertz CT molecular complexity index is 1250. The van der Waals surface area contributed by atoms with Gasteiger partial charge in [-0.15, -0.1) is 0 Å². The second kappa shape index (κ2) is 11.4. The first-order valence-electron chi connectivity index (χ1n) is 10.3. The van der Waals surface area contributed by atoms with Gasteiger partial charge in [0.25, 0.3) is 0 Å². The molecule has 34 heavy (non-hydrogen) atoms. The number of carboxylic acids is 1. The molecule has 3 aromatic carbocycles. The van der Waals surface area contributed by atoms with Crippen molar-refractivity contribution in [3.8, 4) is 5.75 Å². The molecule has 1 atom stereocenters. The highest BCUT2D eigenvalue weighted by Gasteiger charge is 2.20. The second-order valence-corrected chi connectivity index (χ2v) is 9.83. The third kappa shape index (κ3) is 6.77. The van der Waals surface area contributed by atoms with Crippen molar-refractivity contribution in [3.63, 3.8) is 0 Å². The molecule has 0 radical (unpaired) electrons. The molecule has 0 aromatic heterocycles. The number of aliphatic hydroxyl groups is 1. The SMILES string of the molecule is O=C(O)COc1ccc(S(=O)(=O)c2ccc(CCNC[C@H](O)c3cccc(Cl)c3)cc2)cc1F. The average Bonchev–Trinajstić information content (AvgIpc) is 2.81. The maximum atomic E-state index is 14.2. The Labute approximate surface area is 201 Å². The van der Waals surface area contributed by atoms with Gasteiger partial charge in [0.05, 0.1) is 15.9 Å². The number of hydrogen-bond donors (Lipinski definition) is 3. The van der Waals surface area contributed by atoms with Crippen molar-refractivity contribution in [3.05, 3.63) is 88.7 Å². The van der Waals surface area contributed by atoms with E-state index in [-0.39, 0.29) is 15.5 Å². The van der Waals surface area contributed by atoms with E-state index in [2.05, 4.69) is 5.32 Å². The van der Waals surface area contributed by atoms with Gasteiger partial charge < -0.3 is 20.3 Å². The summed E-state index contributed by atoms with van der Waals surface area (Å²) < 4.78 is 44.6. The van der Waals surface area contributed by atoms with Crippen LogP contribution < -0.4 is 10.1 Å². The molecule has 0 saturated heterocycles. The van der Waals surface area contributed by atoms with Crippen LogP contribution in [-0.2, 0) is 21.1 Å². The molecule has 0 bridgehead atoms. The number of aliphatic carboxylic acids is 1. The zero-order valence-corrected chi connectivity index (χ0v) is 19.5. The quantitative estimate of drug-likeness (QED) is 0.339. The highest BCUT2D eigenvalue weighted by atomic mass is 35.5. The topological polar surface area (TPSA) is 113 Å². The van der Waals surface area contributed by atoms with Crippen LogP contribution in [0.5, 0.6) is 5.75 Å². The maximum absolute atomic E-state index is 14.2. The Morgan fingerprint density at radius 1 is 1.06 bits per heavy atom. The smallest absolute Gasteiger partial charge is 0.341 e. The maximum Gasteiger partial charge on any atom is 0.341 e. The third-order valence-corrected chi connectivity index (χ3v) is 6.96. The van der Waals surface area contributed by atoms with Gasteiger partial charge in [-0.2, -0.15) is 0 Å². The van der Waals surface area contributed by atoms with E-state index >= 15 is 0 Å². The molecule has 0 spiro atoms. The molecule has 0 fully saturated rings. The van der Waals surface area contributed by atoms with Crippen molar-refractivity contribution in [1.29, 1.82) is 0 Å². The molecule has 0 aliphatic carbocycles. The van der Waals surface area contributed by atoms with E-state index in [0.717, 1.165) is 17.7 Å². The second-order valence-electron chi connectivity index (χ2n) is 7.45. The molecule has 0 heterocycles. The number of halogens is 2. The molecule has 180 valence electrons. The molecule has 10 heteroatoms. The number of nitrogens with one attached hydrogen (secondary N) is 1. The third-order valence-electron chi connectivity index (χ3n) is 4.96. The molecule has 7 nitrogen and oxygen atoms in total. The van der Waals surface area contributed by atoms with Crippen LogP contribution in [0.25, 0.3) is 0 Å². The lowest BCUT2D eigenvalue weighted by atomic mass is 10.1. The van der Waals surface area contributed by atoms with Gasteiger partial charge in [-0.25, -0.2) is 17.6 Å². The predicted molar refractivity (Wildman–Crippen MR) is 124 cm³/mol. The van der Waals surface area contributed by atoms with Crippen molar-refractivity contribution in [2.24, 2.45) is 0 Å². The van der Waals surface area contributed by atoms with Crippen molar-refractivity contribution in [2.45, 2.75) is 22.3 Å². The van der Waals surface area contributed by atoms with E-state index in [9.17, 15) is 22.7 Å². The van der Waals surface area contributed by atoms with Crippen LogP contribution in [0.15, 0.2) is 76.5 Å². The number of ether oxygens (including phenoxy) is 1. The fourth-order valence-electron chi connectivity index (χ4n) is 3.18. The van der Waals surface area contributed by atoms with Gasteiger partial charge in [0.15, 0.2) is 18.2 Å². The zero-order chi connectivity index (χ0) is 24.7. The Kier molecular flexibility index (Phi) is 8.62. The van der Waals surface area contributed by atoms with Crippen LogP contribution >= 0.6 is 11.6 Å². The van der Waals surface area contributed by atoms with Gasteiger partial charge in [-0.05, 0) is 66.6 Å². The Morgan fingerprint density at radius 2 is 1.76 bits per heavy atom. The largest absolute Gasteiger partial charge is 0.479 e. The summed E-state index contributed by atoms with van der Waals surface area (Å²) in [7, 11) is -3.97. The minimum atomic E-state index is -3.97. The van der Waals surface area contributed by atoms with Gasteiger partial charge in [0.1, 0.15) is 0 Å². The van der Waals surface area contributed by atoms with Gasteiger partial charge in [-0.1, -0.05) is 35.9 Å². The van der Waals surface area contributed by atoms with Crippen molar-refractivity contribution in [1.82, 2.24) is 5.32 Å². The van der Waals surface area contributed by atoms with Crippen LogP contribution in [0.3, 0.4) is 0 Å². The van der Waals surface area contributed by atoms with E-state index in [1.165, 1.54) is 18.2 Å². The molecule has 0 amide bonds. The lowest BCUT2D eigenvalue weighted by Gasteiger charge is -2.13. The summed E-state index contributed by atoms with van der Waals surface area (Å²) in [5.74, 6) is -2.58. The number of benzene rings is 3. The molecule has 0 saturated carbocycles. The van der Waals surface area contributed by atoms with Crippen molar-refractivity contribution in [2.75, 3.05) is 19.7 Å². The van der Waals surface area contributed by atoms with Crippen LogP contribution in [0.2, 0.25) is 5.02 Å². The standard InChI is InChI=1S/C24H23ClFNO6S/c25-18-3-1-2-17(12-18)22(28)14-27-11-10-16-4-6-19(7-5-16)34(31,32)20-8-9-23(21(26)13-20)33-15-24(29)30/h1-9,12-13,22,27-28H,10-11,14-15H2,(H,29,30)/t22-/m0/s1. The predicted octanol–water partition coefficient (Wildman–Crippen LogP) is 3.64. The Hall–Kier alpha value is -2.98. The van der Waals surface area contributed by atoms with E-state index in [1.54, 1.807) is 36.4 Å². The fraction of sp³-hybridized carbons (Fsp3) is 0.208. The highest BCUT2D eigenvalue weighted by molar-refractivity contribution is 7.91.